The van der Waals surface area contributed by atoms with E-state index in [2.05, 4.69) is 10.3 Å². The number of imidazole rings is 1. The van der Waals surface area contributed by atoms with Gasteiger partial charge in [0, 0.05) is 23.6 Å². The summed E-state index contributed by atoms with van der Waals surface area (Å²) in [6.45, 7) is 1.98. The summed E-state index contributed by atoms with van der Waals surface area (Å²) < 4.78 is 51.5. The van der Waals surface area contributed by atoms with Gasteiger partial charge in [0.1, 0.15) is 5.65 Å². The van der Waals surface area contributed by atoms with Crippen molar-refractivity contribution in [2.24, 2.45) is 0 Å². The van der Waals surface area contributed by atoms with Crippen LogP contribution in [-0.2, 0) is 9.84 Å². The predicted octanol–water partition coefficient (Wildman–Crippen LogP) is 4.56. The summed E-state index contributed by atoms with van der Waals surface area (Å²) in [5.74, 6) is -4.41. The smallest absolute Gasteiger partial charge is 0.322 e. The number of hydrogen-bond donors (Lipinski definition) is 1. The van der Waals surface area contributed by atoms with Gasteiger partial charge in [0.15, 0.2) is 0 Å². The first-order valence-electron chi connectivity index (χ1n) is 9.24. The Balaban J connectivity index is 1.58. The molecule has 4 rings (SSSR count). The molecule has 2 aromatic carbocycles. The lowest BCUT2D eigenvalue weighted by Gasteiger charge is -2.10. The Labute approximate surface area is 177 Å². The minimum absolute atomic E-state index is 0.345. The van der Waals surface area contributed by atoms with Crippen molar-refractivity contribution in [3.05, 3.63) is 84.2 Å². The Bertz CT molecular complexity index is 1380. The zero-order valence-electron chi connectivity index (χ0n) is 16.3. The number of rotatable bonds is 5. The molecule has 2 aromatic heterocycles. The SMILES string of the molecule is Cc1ccn2cc(-c3ccc(NC(=O)c4ccccc4S(=O)(=O)C(F)F)cc3)nc2c1. The number of carbonyl (C=O) groups excluding carboxylic acids is 1. The number of benzene rings is 2. The highest BCUT2D eigenvalue weighted by Gasteiger charge is 2.30. The number of sulfone groups is 1. The van der Waals surface area contributed by atoms with Crippen LogP contribution in [0.15, 0.2) is 78.0 Å². The minimum Gasteiger partial charge on any atom is -0.322 e. The quantitative estimate of drug-likeness (QED) is 0.492. The zero-order chi connectivity index (χ0) is 22.2. The van der Waals surface area contributed by atoms with Gasteiger partial charge in [-0.25, -0.2) is 13.4 Å². The molecule has 0 unspecified atom stereocenters. The van der Waals surface area contributed by atoms with Gasteiger partial charge in [-0.3, -0.25) is 4.79 Å². The minimum atomic E-state index is -4.91. The Morgan fingerprint density at radius 3 is 2.48 bits per heavy atom. The molecule has 0 spiro atoms. The van der Waals surface area contributed by atoms with Crippen molar-refractivity contribution in [2.75, 3.05) is 5.32 Å². The highest BCUT2D eigenvalue weighted by atomic mass is 32.2. The summed E-state index contributed by atoms with van der Waals surface area (Å²) in [6, 6.07) is 15.6. The van der Waals surface area contributed by atoms with E-state index in [1.807, 2.05) is 35.9 Å². The first-order chi connectivity index (χ1) is 14.8. The normalized spacial score (nSPS) is 11.7. The number of pyridine rings is 1. The fraction of sp³-hybridized carbons (Fsp3) is 0.0909. The fourth-order valence-corrected chi connectivity index (χ4v) is 4.07. The van der Waals surface area contributed by atoms with Crippen molar-refractivity contribution in [1.29, 1.82) is 0 Å². The van der Waals surface area contributed by atoms with E-state index in [1.54, 1.807) is 24.3 Å². The van der Waals surface area contributed by atoms with Crippen molar-refractivity contribution >= 4 is 27.1 Å². The van der Waals surface area contributed by atoms with Gasteiger partial charge in [-0.1, -0.05) is 24.3 Å². The summed E-state index contributed by atoms with van der Waals surface area (Å²) >= 11 is 0. The first-order valence-corrected chi connectivity index (χ1v) is 10.8. The van der Waals surface area contributed by atoms with Crippen molar-refractivity contribution in [2.45, 2.75) is 17.6 Å². The van der Waals surface area contributed by atoms with Crippen molar-refractivity contribution < 1.29 is 22.0 Å². The van der Waals surface area contributed by atoms with Gasteiger partial charge >= 0.3 is 5.76 Å². The second-order valence-electron chi connectivity index (χ2n) is 6.93. The lowest BCUT2D eigenvalue weighted by molar-refractivity contribution is 0.102. The molecular formula is C22H17F2N3O3S. The molecule has 1 amide bonds. The largest absolute Gasteiger partial charge is 0.341 e. The van der Waals surface area contributed by atoms with Crippen LogP contribution in [0, 0.1) is 6.92 Å². The van der Waals surface area contributed by atoms with Crippen LogP contribution in [0.3, 0.4) is 0 Å². The number of aromatic nitrogens is 2. The Hall–Kier alpha value is -3.59. The number of nitrogens with one attached hydrogen (secondary N) is 1. The van der Waals surface area contributed by atoms with Gasteiger partial charge in [0.05, 0.1) is 16.2 Å². The number of anilines is 1. The molecule has 0 aliphatic heterocycles. The van der Waals surface area contributed by atoms with Crippen molar-refractivity contribution in [3.8, 4) is 11.3 Å². The van der Waals surface area contributed by atoms with Gasteiger partial charge in [0.25, 0.3) is 5.91 Å². The van der Waals surface area contributed by atoms with Gasteiger partial charge in [-0.15, -0.1) is 0 Å². The number of alkyl halides is 2. The third kappa shape index (κ3) is 4.04. The topological polar surface area (TPSA) is 80.5 Å². The summed E-state index contributed by atoms with van der Waals surface area (Å²) in [5.41, 5.74) is 3.51. The molecule has 6 nitrogen and oxygen atoms in total. The molecule has 0 saturated carbocycles. The van der Waals surface area contributed by atoms with E-state index in [9.17, 15) is 22.0 Å². The molecule has 2 heterocycles. The monoisotopic (exact) mass is 441 g/mol. The van der Waals surface area contributed by atoms with Crippen LogP contribution in [0.1, 0.15) is 15.9 Å². The number of carbonyl (C=O) groups is 1. The van der Waals surface area contributed by atoms with E-state index in [4.69, 9.17) is 0 Å². The molecule has 0 fully saturated rings. The van der Waals surface area contributed by atoms with Gasteiger partial charge in [-0.05, 0) is 48.9 Å². The molecule has 0 aliphatic carbocycles. The predicted molar refractivity (Wildman–Crippen MR) is 113 cm³/mol. The molecule has 0 aliphatic rings. The van der Waals surface area contributed by atoms with Gasteiger partial charge in [0.2, 0.25) is 9.84 Å². The fourth-order valence-electron chi connectivity index (χ4n) is 3.14. The van der Waals surface area contributed by atoms with Crippen LogP contribution >= 0.6 is 0 Å². The molecule has 9 heteroatoms. The highest BCUT2D eigenvalue weighted by molar-refractivity contribution is 7.91. The Morgan fingerprint density at radius 1 is 1.06 bits per heavy atom. The lowest BCUT2D eigenvalue weighted by atomic mass is 10.1. The van der Waals surface area contributed by atoms with E-state index in [1.165, 1.54) is 18.2 Å². The number of fused-ring (bicyclic) bond motifs is 1. The third-order valence-corrected chi connectivity index (χ3v) is 6.17. The van der Waals surface area contributed by atoms with Crippen LogP contribution < -0.4 is 5.32 Å². The molecular weight excluding hydrogens is 424 g/mol. The van der Waals surface area contributed by atoms with Crippen LogP contribution in [0.4, 0.5) is 14.5 Å². The Morgan fingerprint density at radius 2 is 1.77 bits per heavy atom. The first kappa shape index (κ1) is 20.7. The molecule has 0 radical (unpaired) electrons. The number of halogens is 2. The van der Waals surface area contributed by atoms with E-state index < -0.39 is 26.4 Å². The number of aryl methyl sites for hydroxylation is 1. The van der Waals surface area contributed by atoms with Gasteiger partial charge < -0.3 is 9.72 Å². The maximum absolute atomic E-state index is 12.9. The van der Waals surface area contributed by atoms with E-state index >= 15 is 0 Å². The summed E-state index contributed by atoms with van der Waals surface area (Å²) in [7, 11) is -4.91. The molecule has 31 heavy (non-hydrogen) atoms. The zero-order valence-corrected chi connectivity index (χ0v) is 17.1. The molecule has 0 saturated heterocycles. The average Bonchev–Trinajstić information content (AvgIpc) is 3.17. The molecule has 1 N–H and O–H groups in total. The van der Waals surface area contributed by atoms with Crippen LogP contribution in [-0.4, -0.2) is 29.5 Å². The van der Waals surface area contributed by atoms with Crippen molar-refractivity contribution in [3.63, 3.8) is 0 Å². The second-order valence-corrected chi connectivity index (χ2v) is 8.82. The number of hydrogen-bond acceptors (Lipinski definition) is 4. The summed E-state index contributed by atoms with van der Waals surface area (Å²) in [4.78, 5) is 16.4. The van der Waals surface area contributed by atoms with Gasteiger partial charge in [-0.2, -0.15) is 8.78 Å². The molecule has 158 valence electrons. The van der Waals surface area contributed by atoms with Crippen LogP contribution in [0.5, 0.6) is 0 Å². The number of amides is 1. The Kier molecular flexibility index (Phi) is 5.28. The molecule has 4 aromatic rings. The highest BCUT2D eigenvalue weighted by Crippen LogP contribution is 2.25. The molecule has 0 bridgehead atoms. The average molecular weight is 441 g/mol. The maximum atomic E-state index is 12.9. The van der Waals surface area contributed by atoms with E-state index in [-0.39, 0.29) is 5.56 Å². The summed E-state index contributed by atoms with van der Waals surface area (Å²) in [6.07, 6.45) is 3.80. The van der Waals surface area contributed by atoms with Crippen LogP contribution in [0.2, 0.25) is 0 Å². The third-order valence-electron chi connectivity index (χ3n) is 4.73. The maximum Gasteiger partial charge on any atom is 0.341 e. The summed E-state index contributed by atoms with van der Waals surface area (Å²) in [5, 5.41) is 2.55. The standard InChI is InChI=1S/C22H17F2N3O3S/c1-14-10-11-27-13-18(26-20(27)12-14)15-6-8-16(9-7-15)25-21(28)17-4-2-3-5-19(17)31(29,30)22(23)24/h2-13,22H,1H3,(H,25,28). The number of nitrogens with zero attached hydrogens (tertiary/aromatic N) is 2. The van der Waals surface area contributed by atoms with Crippen molar-refractivity contribution in [1.82, 2.24) is 9.38 Å². The van der Waals surface area contributed by atoms with Crippen LogP contribution in [0.25, 0.3) is 16.9 Å². The second kappa shape index (κ2) is 7.92. The molecule has 0 atom stereocenters. The van der Waals surface area contributed by atoms with E-state index in [0.717, 1.165) is 28.5 Å². The lowest BCUT2D eigenvalue weighted by Crippen LogP contribution is -2.19. The van der Waals surface area contributed by atoms with E-state index in [0.29, 0.717) is 5.69 Å².